The highest BCUT2D eigenvalue weighted by molar-refractivity contribution is 5.85. The SMILES string of the molecule is CC(C)n1ncc2ccccc21.Cl. The van der Waals surface area contributed by atoms with Gasteiger partial charge >= 0.3 is 0 Å². The van der Waals surface area contributed by atoms with Crippen LogP contribution in [0, 0.1) is 0 Å². The van der Waals surface area contributed by atoms with E-state index < -0.39 is 0 Å². The van der Waals surface area contributed by atoms with Gasteiger partial charge in [-0.25, -0.2) is 0 Å². The molecular formula is C10H13ClN2. The molecule has 0 spiro atoms. The van der Waals surface area contributed by atoms with E-state index >= 15 is 0 Å². The van der Waals surface area contributed by atoms with Gasteiger partial charge in [0.25, 0.3) is 0 Å². The lowest BCUT2D eigenvalue weighted by atomic mass is 10.2. The highest BCUT2D eigenvalue weighted by Crippen LogP contribution is 2.16. The number of para-hydroxylation sites is 1. The number of aromatic nitrogens is 2. The van der Waals surface area contributed by atoms with Crippen LogP contribution in [-0.4, -0.2) is 9.78 Å². The van der Waals surface area contributed by atoms with E-state index in [1.54, 1.807) is 0 Å². The molecule has 0 fully saturated rings. The molecule has 0 aliphatic heterocycles. The maximum Gasteiger partial charge on any atom is 0.0685 e. The van der Waals surface area contributed by atoms with Crippen molar-refractivity contribution in [2.45, 2.75) is 19.9 Å². The molecule has 2 rings (SSSR count). The zero-order valence-electron chi connectivity index (χ0n) is 7.77. The number of fused-ring (bicyclic) bond motifs is 1. The maximum absolute atomic E-state index is 4.31. The lowest BCUT2D eigenvalue weighted by molar-refractivity contribution is 0.551. The van der Waals surface area contributed by atoms with Crippen LogP contribution in [0.3, 0.4) is 0 Å². The monoisotopic (exact) mass is 196 g/mol. The minimum atomic E-state index is 0. The number of nitrogens with zero attached hydrogens (tertiary/aromatic N) is 2. The second kappa shape index (κ2) is 3.79. The lowest BCUT2D eigenvalue weighted by Crippen LogP contribution is -2.01. The Morgan fingerprint density at radius 1 is 1.23 bits per heavy atom. The van der Waals surface area contributed by atoms with E-state index in [0.29, 0.717) is 6.04 Å². The van der Waals surface area contributed by atoms with Crippen molar-refractivity contribution in [3.05, 3.63) is 30.5 Å². The normalized spacial score (nSPS) is 10.4. The summed E-state index contributed by atoms with van der Waals surface area (Å²) in [7, 11) is 0. The summed E-state index contributed by atoms with van der Waals surface area (Å²) in [6.07, 6.45) is 1.91. The van der Waals surface area contributed by atoms with Crippen LogP contribution in [0.4, 0.5) is 0 Å². The fourth-order valence-corrected chi connectivity index (χ4v) is 1.40. The molecule has 1 heterocycles. The van der Waals surface area contributed by atoms with Gasteiger partial charge in [-0.1, -0.05) is 18.2 Å². The Labute approximate surface area is 84.0 Å². The van der Waals surface area contributed by atoms with Crippen LogP contribution < -0.4 is 0 Å². The molecule has 0 amide bonds. The smallest absolute Gasteiger partial charge is 0.0685 e. The molecule has 0 aliphatic carbocycles. The first-order valence-electron chi connectivity index (χ1n) is 4.21. The summed E-state index contributed by atoms with van der Waals surface area (Å²) < 4.78 is 2.04. The standard InChI is InChI=1S/C10H12N2.ClH/c1-8(2)12-10-6-4-3-5-9(10)7-11-12;/h3-8H,1-2H3;1H. The van der Waals surface area contributed by atoms with Gasteiger partial charge in [-0.15, -0.1) is 12.4 Å². The van der Waals surface area contributed by atoms with E-state index in [4.69, 9.17) is 0 Å². The summed E-state index contributed by atoms with van der Waals surface area (Å²) in [5, 5.41) is 5.53. The predicted molar refractivity (Wildman–Crippen MR) is 57.4 cm³/mol. The van der Waals surface area contributed by atoms with Crippen LogP contribution >= 0.6 is 12.4 Å². The predicted octanol–water partition coefficient (Wildman–Crippen LogP) is 3.04. The fourth-order valence-electron chi connectivity index (χ4n) is 1.40. The average molecular weight is 197 g/mol. The van der Waals surface area contributed by atoms with Crippen LogP contribution in [0.5, 0.6) is 0 Å². The highest BCUT2D eigenvalue weighted by atomic mass is 35.5. The van der Waals surface area contributed by atoms with Gasteiger partial charge < -0.3 is 0 Å². The van der Waals surface area contributed by atoms with E-state index in [1.807, 2.05) is 23.0 Å². The Balaban J connectivity index is 0.000000845. The minimum absolute atomic E-state index is 0. The van der Waals surface area contributed by atoms with E-state index in [-0.39, 0.29) is 12.4 Å². The topological polar surface area (TPSA) is 17.8 Å². The number of halogens is 1. The second-order valence-electron chi connectivity index (χ2n) is 3.24. The Morgan fingerprint density at radius 2 is 1.92 bits per heavy atom. The van der Waals surface area contributed by atoms with Crippen molar-refractivity contribution >= 4 is 23.3 Å². The average Bonchev–Trinajstić information content (AvgIpc) is 2.47. The van der Waals surface area contributed by atoms with Gasteiger partial charge in [-0.05, 0) is 19.9 Å². The zero-order valence-corrected chi connectivity index (χ0v) is 8.58. The molecule has 0 radical (unpaired) electrons. The molecule has 2 nitrogen and oxygen atoms in total. The summed E-state index contributed by atoms with van der Waals surface area (Å²) in [6.45, 7) is 4.28. The van der Waals surface area contributed by atoms with Crippen molar-refractivity contribution < 1.29 is 0 Å². The van der Waals surface area contributed by atoms with Crippen LogP contribution in [0.2, 0.25) is 0 Å². The number of hydrogen-bond donors (Lipinski definition) is 0. The van der Waals surface area contributed by atoms with Crippen molar-refractivity contribution in [2.75, 3.05) is 0 Å². The third kappa shape index (κ3) is 1.68. The molecule has 0 N–H and O–H groups in total. The van der Waals surface area contributed by atoms with Crippen LogP contribution in [-0.2, 0) is 0 Å². The summed E-state index contributed by atoms with van der Waals surface area (Å²) in [5.74, 6) is 0. The van der Waals surface area contributed by atoms with Gasteiger partial charge in [0.05, 0.1) is 11.7 Å². The first-order valence-corrected chi connectivity index (χ1v) is 4.21. The van der Waals surface area contributed by atoms with E-state index in [9.17, 15) is 0 Å². The summed E-state index contributed by atoms with van der Waals surface area (Å²) in [4.78, 5) is 0. The maximum atomic E-state index is 4.31. The molecule has 3 heteroatoms. The van der Waals surface area contributed by atoms with Gasteiger partial charge in [0.15, 0.2) is 0 Å². The van der Waals surface area contributed by atoms with Crippen LogP contribution in [0.15, 0.2) is 30.5 Å². The summed E-state index contributed by atoms with van der Waals surface area (Å²) in [6, 6.07) is 8.70. The van der Waals surface area contributed by atoms with Crippen molar-refractivity contribution in [3.8, 4) is 0 Å². The second-order valence-corrected chi connectivity index (χ2v) is 3.24. The Kier molecular flexibility index (Phi) is 2.94. The molecule has 0 unspecified atom stereocenters. The molecule has 0 atom stereocenters. The molecular weight excluding hydrogens is 184 g/mol. The summed E-state index contributed by atoms with van der Waals surface area (Å²) >= 11 is 0. The number of hydrogen-bond acceptors (Lipinski definition) is 1. The molecule has 0 aliphatic rings. The van der Waals surface area contributed by atoms with E-state index in [2.05, 4.69) is 31.1 Å². The van der Waals surface area contributed by atoms with Gasteiger partial charge in [-0.3, -0.25) is 4.68 Å². The molecule has 2 aromatic rings. The van der Waals surface area contributed by atoms with Gasteiger partial charge in [0.2, 0.25) is 0 Å². The molecule has 13 heavy (non-hydrogen) atoms. The van der Waals surface area contributed by atoms with E-state index in [0.717, 1.165) is 0 Å². The molecule has 0 saturated carbocycles. The molecule has 1 aromatic heterocycles. The Hall–Kier alpha value is -1.02. The fraction of sp³-hybridized carbons (Fsp3) is 0.300. The van der Waals surface area contributed by atoms with Crippen molar-refractivity contribution in [1.29, 1.82) is 0 Å². The molecule has 0 bridgehead atoms. The minimum Gasteiger partial charge on any atom is -0.262 e. The molecule has 1 aromatic carbocycles. The van der Waals surface area contributed by atoms with Crippen molar-refractivity contribution in [1.82, 2.24) is 9.78 Å². The largest absolute Gasteiger partial charge is 0.262 e. The quantitative estimate of drug-likeness (QED) is 0.686. The first-order chi connectivity index (χ1) is 5.79. The van der Waals surface area contributed by atoms with E-state index in [1.165, 1.54) is 10.9 Å². The lowest BCUT2D eigenvalue weighted by Gasteiger charge is -2.05. The van der Waals surface area contributed by atoms with Gasteiger partial charge in [0.1, 0.15) is 0 Å². The number of rotatable bonds is 1. The summed E-state index contributed by atoms with van der Waals surface area (Å²) in [5.41, 5.74) is 1.22. The van der Waals surface area contributed by atoms with Crippen LogP contribution in [0.1, 0.15) is 19.9 Å². The van der Waals surface area contributed by atoms with Gasteiger partial charge in [-0.2, -0.15) is 5.10 Å². The third-order valence-corrected chi connectivity index (χ3v) is 1.99. The van der Waals surface area contributed by atoms with Crippen molar-refractivity contribution in [3.63, 3.8) is 0 Å². The zero-order chi connectivity index (χ0) is 8.55. The first kappa shape index (κ1) is 10.1. The van der Waals surface area contributed by atoms with Crippen LogP contribution in [0.25, 0.3) is 10.9 Å². The van der Waals surface area contributed by atoms with Crippen molar-refractivity contribution in [2.24, 2.45) is 0 Å². The molecule has 70 valence electrons. The Bertz CT molecular complexity index is 392. The molecule has 0 saturated heterocycles. The Morgan fingerprint density at radius 3 is 2.62 bits per heavy atom. The van der Waals surface area contributed by atoms with Gasteiger partial charge in [0, 0.05) is 11.4 Å². The number of benzene rings is 1. The third-order valence-electron chi connectivity index (χ3n) is 1.99. The highest BCUT2D eigenvalue weighted by Gasteiger charge is 2.02.